The summed E-state index contributed by atoms with van der Waals surface area (Å²) in [4.78, 5) is 39.8. The molecule has 34 heavy (non-hydrogen) atoms. The number of hydrogen-bond acceptors (Lipinski definition) is 5. The molecule has 0 radical (unpaired) electrons. The Hall–Kier alpha value is -3.41. The van der Waals surface area contributed by atoms with Gasteiger partial charge in [-0.05, 0) is 24.3 Å². The highest BCUT2D eigenvalue weighted by Gasteiger charge is 2.35. The highest BCUT2D eigenvalue weighted by atomic mass is 16.2. The van der Waals surface area contributed by atoms with Crippen molar-refractivity contribution in [1.29, 1.82) is 5.26 Å². The van der Waals surface area contributed by atoms with Crippen molar-refractivity contribution in [1.82, 2.24) is 25.3 Å². The first-order valence-corrected chi connectivity index (χ1v) is 11.8. The Bertz CT molecular complexity index is 1090. The number of rotatable bonds is 9. The molecular weight excluding hydrogens is 432 g/mol. The lowest BCUT2D eigenvalue weighted by molar-refractivity contribution is -0.127. The van der Waals surface area contributed by atoms with Gasteiger partial charge in [0.1, 0.15) is 6.04 Å². The van der Waals surface area contributed by atoms with Crippen LogP contribution in [0.3, 0.4) is 0 Å². The average Bonchev–Trinajstić information content (AvgIpc) is 3.32. The summed E-state index contributed by atoms with van der Waals surface area (Å²) in [5.74, 6) is -0.533. The highest BCUT2D eigenvalue weighted by Crippen LogP contribution is 2.23. The minimum Gasteiger partial charge on any atom is -0.354 e. The van der Waals surface area contributed by atoms with Gasteiger partial charge >= 0.3 is 0 Å². The molecule has 2 heterocycles. The minimum absolute atomic E-state index is 0.0680. The zero-order valence-electron chi connectivity index (χ0n) is 20.4. The maximum Gasteiger partial charge on any atom is 0.273 e. The third-order valence-corrected chi connectivity index (χ3v) is 6.17. The smallest absolute Gasteiger partial charge is 0.273 e. The number of benzene rings is 1. The number of aromatic nitrogens is 2. The molecule has 1 saturated heterocycles. The number of fused-ring (bicyclic) bond motifs is 1. The SMILES string of the molecule is CN1C[C@H](CNC(=O)[C@@H](NC(=O)c2nn(CCCCC#N)c3ccccc23)C(C)(C)C)CC1=O. The van der Waals surface area contributed by atoms with Crippen LogP contribution in [0.2, 0.25) is 0 Å². The number of hydrogen-bond donors (Lipinski definition) is 2. The first-order chi connectivity index (χ1) is 16.1. The molecule has 0 saturated carbocycles. The van der Waals surface area contributed by atoms with E-state index in [1.807, 2.05) is 45.0 Å². The average molecular weight is 467 g/mol. The van der Waals surface area contributed by atoms with Crippen molar-refractivity contribution in [3.63, 3.8) is 0 Å². The second-order valence-corrected chi connectivity index (χ2v) is 10.1. The van der Waals surface area contributed by atoms with Gasteiger partial charge in [-0.3, -0.25) is 19.1 Å². The molecule has 0 aliphatic carbocycles. The summed E-state index contributed by atoms with van der Waals surface area (Å²) in [6, 6.07) is 8.89. The fourth-order valence-corrected chi connectivity index (χ4v) is 4.25. The molecule has 9 heteroatoms. The lowest BCUT2D eigenvalue weighted by Gasteiger charge is -2.30. The van der Waals surface area contributed by atoms with Crippen LogP contribution >= 0.6 is 0 Å². The molecule has 2 N–H and O–H groups in total. The molecule has 1 aliphatic heterocycles. The van der Waals surface area contributed by atoms with Crippen molar-refractivity contribution in [3.05, 3.63) is 30.0 Å². The summed E-state index contributed by atoms with van der Waals surface area (Å²) in [7, 11) is 1.76. The quantitative estimate of drug-likeness (QED) is 0.550. The Morgan fingerprint density at radius 2 is 2.00 bits per heavy atom. The third-order valence-electron chi connectivity index (χ3n) is 6.17. The topological polar surface area (TPSA) is 120 Å². The second-order valence-electron chi connectivity index (χ2n) is 10.1. The molecule has 1 aromatic heterocycles. The van der Waals surface area contributed by atoms with Crippen LogP contribution in [0, 0.1) is 22.7 Å². The molecule has 2 aromatic rings. The van der Waals surface area contributed by atoms with Gasteiger partial charge in [-0.1, -0.05) is 39.0 Å². The van der Waals surface area contributed by atoms with Crippen molar-refractivity contribution < 1.29 is 14.4 Å². The first-order valence-electron chi connectivity index (χ1n) is 11.8. The summed E-state index contributed by atoms with van der Waals surface area (Å²) < 4.78 is 1.79. The van der Waals surface area contributed by atoms with E-state index < -0.39 is 17.4 Å². The number of aryl methyl sites for hydroxylation is 1. The van der Waals surface area contributed by atoms with E-state index in [1.165, 1.54) is 0 Å². The van der Waals surface area contributed by atoms with E-state index in [0.29, 0.717) is 32.5 Å². The van der Waals surface area contributed by atoms with Gasteiger partial charge in [0.05, 0.1) is 11.6 Å². The maximum atomic E-state index is 13.3. The number of nitrogens with zero attached hydrogens (tertiary/aromatic N) is 4. The number of unbranched alkanes of at least 4 members (excludes halogenated alkanes) is 2. The number of nitrogens with one attached hydrogen (secondary N) is 2. The van der Waals surface area contributed by atoms with E-state index in [4.69, 9.17) is 5.26 Å². The van der Waals surface area contributed by atoms with E-state index in [0.717, 1.165) is 23.7 Å². The van der Waals surface area contributed by atoms with Gasteiger partial charge in [-0.15, -0.1) is 0 Å². The van der Waals surface area contributed by atoms with Crippen LogP contribution in [0.4, 0.5) is 0 Å². The molecule has 9 nitrogen and oxygen atoms in total. The zero-order valence-corrected chi connectivity index (χ0v) is 20.4. The highest BCUT2D eigenvalue weighted by molar-refractivity contribution is 6.06. The fraction of sp³-hybridized carbons (Fsp3) is 0.560. The van der Waals surface area contributed by atoms with Gasteiger partial charge < -0.3 is 15.5 Å². The molecule has 2 atom stereocenters. The number of carbonyl (C=O) groups is 3. The van der Waals surface area contributed by atoms with E-state index in [1.54, 1.807) is 16.6 Å². The largest absolute Gasteiger partial charge is 0.354 e. The lowest BCUT2D eigenvalue weighted by Crippen LogP contribution is -2.54. The maximum absolute atomic E-state index is 13.3. The van der Waals surface area contributed by atoms with E-state index in [2.05, 4.69) is 21.8 Å². The summed E-state index contributed by atoms with van der Waals surface area (Å²) in [5, 5.41) is 19.9. The van der Waals surface area contributed by atoms with Crippen LogP contribution in [0.5, 0.6) is 0 Å². The van der Waals surface area contributed by atoms with Crippen molar-refractivity contribution >= 4 is 28.6 Å². The molecule has 0 spiro atoms. The van der Waals surface area contributed by atoms with Gasteiger partial charge in [0.15, 0.2) is 5.69 Å². The second kappa shape index (κ2) is 10.7. The molecule has 182 valence electrons. The number of para-hydroxylation sites is 1. The lowest BCUT2D eigenvalue weighted by atomic mass is 9.86. The fourth-order valence-electron chi connectivity index (χ4n) is 4.25. The minimum atomic E-state index is -0.769. The van der Waals surface area contributed by atoms with Crippen molar-refractivity contribution in [2.75, 3.05) is 20.1 Å². The van der Waals surface area contributed by atoms with Crippen molar-refractivity contribution in [2.24, 2.45) is 11.3 Å². The van der Waals surface area contributed by atoms with Crippen LogP contribution in [-0.4, -0.2) is 58.6 Å². The van der Waals surface area contributed by atoms with Crippen LogP contribution in [0.1, 0.15) is 56.9 Å². The molecule has 3 amide bonds. The summed E-state index contributed by atoms with van der Waals surface area (Å²) >= 11 is 0. The normalized spacial score (nSPS) is 17.0. The van der Waals surface area contributed by atoms with Crippen LogP contribution in [0.25, 0.3) is 10.9 Å². The standard InChI is InChI=1S/C25H34N6O3/c1-25(2,3)22(24(34)27-15-17-14-20(32)30(4)16-17)28-23(33)21-18-10-6-7-11-19(18)31(29-21)13-9-5-8-12-26/h6-7,10-11,17,22H,5,8-9,13-16H2,1-4H3,(H,27,34)(H,28,33)/t17-,22+/m0/s1. The summed E-state index contributed by atoms with van der Waals surface area (Å²) in [6.07, 6.45) is 2.45. The van der Waals surface area contributed by atoms with E-state index in [-0.39, 0.29) is 23.4 Å². The zero-order chi connectivity index (χ0) is 24.9. The third kappa shape index (κ3) is 5.93. The van der Waals surface area contributed by atoms with Crippen molar-refractivity contribution in [3.8, 4) is 6.07 Å². The first kappa shape index (κ1) is 25.2. The Labute approximate surface area is 200 Å². The molecule has 0 bridgehead atoms. The molecule has 0 unspecified atom stereocenters. The number of likely N-dealkylation sites (tertiary alicyclic amines) is 1. The number of nitriles is 1. The molecule has 1 aromatic carbocycles. The Morgan fingerprint density at radius 3 is 2.65 bits per heavy atom. The van der Waals surface area contributed by atoms with Gasteiger partial charge in [-0.25, -0.2) is 0 Å². The molecule has 1 fully saturated rings. The predicted molar refractivity (Wildman–Crippen MR) is 129 cm³/mol. The van der Waals surface area contributed by atoms with Crippen molar-refractivity contribution in [2.45, 2.75) is 59.0 Å². The van der Waals surface area contributed by atoms with Gasteiger partial charge in [0, 0.05) is 50.8 Å². The van der Waals surface area contributed by atoms with E-state index in [9.17, 15) is 14.4 Å². The Kier molecular flexibility index (Phi) is 7.92. The molecule has 3 rings (SSSR count). The van der Waals surface area contributed by atoms with Crippen LogP contribution in [0.15, 0.2) is 24.3 Å². The van der Waals surface area contributed by atoms with Gasteiger partial charge in [0.2, 0.25) is 11.8 Å². The Balaban J connectivity index is 1.73. The summed E-state index contributed by atoms with van der Waals surface area (Å²) in [6.45, 7) is 7.30. The summed E-state index contributed by atoms with van der Waals surface area (Å²) in [5.41, 5.74) is 0.592. The monoisotopic (exact) mass is 466 g/mol. The molecule has 1 aliphatic rings. The number of carbonyl (C=O) groups excluding carboxylic acids is 3. The van der Waals surface area contributed by atoms with Gasteiger partial charge in [-0.2, -0.15) is 10.4 Å². The van der Waals surface area contributed by atoms with E-state index >= 15 is 0 Å². The Morgan fingerprint density at radius 1 is 1.26 bits per heavy atom. The van der Waals surface area contributed by atoms with Gasteiger partial charge in [0.25, 0.3) is 5.91 Å². The van der Waals surface area contributed by atoms with Crippen LogP contribution in [-0.2, 0) is 16.1 Å². The predicted octanol–water partition coefficient (Wildman–Crippen LogP) is 2.47. The number of amides is 3. The van der Waals surface area contributed by atoms with Crippen LogP contribution < -0.4 is 10.6 Å². The molecular formula is C25H34N6O3.